The van der Waals surface area contributed by atoms with Gasteiger partial charge in [-0.05, 0) is 13.3 Å². The van der Waals surface area contributed by atoms with Crippen molar-refractivity contribution in [2.75, 3.05) is 26.8 Å². The van der Waals surface area contributed by atoms with Gasteiger partial charge in [0, 0.05) is 26.6 Å². The second-order valence-electron chi connectivity index (χ2n) is 3.25. The van der Waals surface area contributed by atoms with Gasteiger partial charge in [-0.2, -0.15) is 0 Å². The lowest BCUT2D eigenvalue weighted by Gasteiger charge is -2.13. The van der Waals surface area contributed by atoms with E-state index >= 15 is 0 Å². The number of aliphatic carboxylic acids is 1. The minimum Gasteiger partial charge on any atom is -0.480 e. The highest BCUT2D eigenvalue weighted by Crippen LogP contribution is 1.97. The molecular formula is C10H21ClN2O4. The summed E-state index contributed by atoms with van der Waals surface area (Å²) in [7, 11) is 1.53. The van der Waals surface area contributed by atoms with E-state index in [1.165, 1.54) is 7.05 Å². The number of carbonyl (C=O) groups is 2. The maximum Gasteiger partial charge on any atom is 0.320 e. The first-order chi connectivity index (χ1) is 7.61. The molecule has 0 aromatic rings. The van der Waals surface area contributed by atoms with Crippen molar-refractivity contribution in [2.24, 2.45) is 0 Å². The fourth-order valence-corrected chi connectivity index (χ4v) is 1.16. The van der Waals surface area contributed by atoms with Crippen LogP contribution in [0.3, 0.4) is 0 Å². The van der Waals surface area contributed by atoms with Crippen molar-refractivity contribution in [1.82, 2.24) is 10.6 Å². The smallest absolute Gasteiger partial charge is 0.320 e. The van der Waals surface area contributed by atoms with E-state index < -0.39 is 12.0 Å². The molecule has 7 heteroatoms. The maximum absolute atomic E-state index is 11.0. The summed E-state index contributed by atoms with van der Waals surface area (Å²) in [6.07, 6.45) is 0.482. The van der Waals surface area contributed by atoms with Crippen molar-refractivity contribution in [3.05, 3.63) is 0 Å². The standard InChI is InChI=1S/C10H20N2O4.ClH/c1-3-16-7-6-12-8(10(14)15)4-5-9(13)11-2;/h8,12H,3-7H2,1-2H3,(H,11,13)(H,14,15);1H/t8-;/m1./s1. The summed E-state index contributed by atoms with van der Waals surface area (Å²) in [4.78, 5) is 21.8. The van der Waals surface area contributed by atoms with E-state index in [4.69, 9.17) is 9.84 Å². The number of carbonyl (C=O) groups excluding carboxylic acids is 1. The molecule has 17 heavy (non-hydrogen) atoms. The minimum absolute atomic E-state index is 0. The summed E-state index contributed by atoms with van der Waals surface area (Å²) < 4.78 is 5.08. The number of rotatable bonds is 9. The quantitative estimate of drug-likeness (QED) is 0.513. The second kappa shape index (κ2) is 11.6. The zero-order valence-corrected chi connectivity index (χ0v) is 11.0. The van der Waals surface area contributed by atoms with Crippen LogP contribution in [0.4, 0.5) is 0 Å². The van der Waals surface area contributed by atoms with Crippen molar-refractivity contribution in [1.29, 1.82) is 0 Å². The molecule has 0 unspecified atom stereocenters. The lowest BCUT2D eigenvalue weighted by atomic mass is 10.1. The third-order valence-electron chi connectivity index (χ3n) is 2.08. The molecule has 0 aliphatic heterocycles. The van der Waals surface area contributed by atoms with E-state index in [2.05, 4.69) is 10.6 Å². The predicted molar refractivity (Wildman–Crippen MR) is 66.5 cm³/mol. The summed E-state index contributed by atoms with van der Waals surface area (Å²) in [5.74, 6) is -1.10. The molecule has 0 radical (unpaired) electrons. The van der Waals surface area contributed by atoms with Crippen LogP contribution in [-0.2, 0) is 14.3 Å². The van der Waals surface area contributed by atoms with E-state index in [0.717, 1.165) is 0 Å². The highest BCUT2D eigenvalue weighted by atomic mass is 35.5. The van der Waals surface area contributed by atoms with Crippen LogP contribution in [-0.4, -0.2) is 49.8 Å². The Bertz CT molecular complexity index is 226. The van der Waals surface area contributed by atoms with Gasteiger partial charge in [0.2, 0.25) is 5.91 Å². The number of carboxylic acids is 1. The average Bonchev–Trinajstić information content (AvgIpc) is 2.27. The van der Waals surface area contributed by atoms with Gasteiger partial charge in [-0.15, -0.1) is 12.4 Å². The Kier molecular flexibility index (Phi) is 12.7. The average molecular weight is 269 g/mol. The zero-order chi connectivity index (χ0) is 12.4. The van der Waals surface area contributed by atoms with Crippen LogP contribution in [0.25, 0.3) is 0 Å². The number of hydrogen-bond donors (Lipinski definition) is 3. The lowest BCUT2D eigenvalue weighted by Crippen LogP contribution is -2.39. The molecule has 1 atom stereocenters. The van der Waals surface area contributed by atoms with Gasteiger partial charge >= 0.3 is 5.97 Å². The van der Waals surface area contributed by atoms with E-state index in [-0.39, 0.29) is 31.2 Å². The molecule has 0 aromatic carbocycles. The number of nitrogens with one attached hydrogen (secondary N) is 2. The van der Waals surface area contributed by atoms with Gasteiger partial charge in [0.05, 0.1) is 6.61 Å². The molecule has 0 aliphatic carbocycles. The van der Waals surface area contributed by atoms with E-state index in [1.54, 1.807) is 0 Å². The van der Waals surface area contributed by atoms with Gasteiger partial charge in [0.1, 0.15) is 6.04 Å². The molecule has 0 bridgehead atoms. The monoisotopic (exact) mass is 268 g/mol. The van der Waals surface area contributed by atoms with Gasteiger partial charge in [0.15, 0.2) is 0 Å². The van der Waals surface area contributed by atoms with E-state index in [9.17, 15) is 9.59 Å². The SMILES string of the molecule is CCOCCN[C@H](CCC(=O)NC)C(=O)O.Cl. The molecule has 0 saturated carbocycles. The summed E-state index contributed by atoms with van der Waals surface area (Å²) in [5.41, 5.74) is 0. The van der Waals surface area contributed by atoms with Crippen LogP contribution < -0.4 is 10.6 Å². The second-order valence-corrected chi connectivity index (χ2v) is 3.25. The molecule has 6 nitrogen and oxygen atoms in total. The minimum atomic E-state index is -0.944. The van der Waals surface area contributed by atoms with Gasteiger partial charge in [-0.3, -0.25) is 9.59 Å². The maximum atomic E-state index is 11.0. The van der Waals surface area contributed by atoms with Crippen LogP contribution in [0.2, 0.25) is 0 Å². The molecule has 0 fully saturated rings. The van der Waals surface area contributed by atoms with Crippen LogP contribution in [0.1, 0.15) is 19.8 Å². The number of carboxylic acid groups (broad SMARTS) is 1. The third kappa shape index (κ3) is 10.0. The topological polar surface area (TPSA) is 87.7 Å². The Hall–Kier alpha value is -0.850. The Morgan fingerprint density at radius 1 is 1.41 bits per heavy atom. The summed E-state index contributed by atoms with van der Waals surface area (Å²) >= 11 is 0. The Balaban J connectivity index is 0. The van der Waals surface area contributed by atoms with E-state index in [1.807, 2.05) is 6.92 Å². The largest absolute Gasteiger partial charge is 0.480 e. The number of ether oxygens (including phenoxy) is 1. The van der Waals surface area contributed by atoms with Crippen LogP contribution in [0.15, 0.2) is 0 Å². The fourth-order valence-electron chi connectivity index (χ4n) is 1.16. The Labute approximate surface area is 108 Å². The molecular weight excluding hydrogens is 248 g/mol. The van der Waals surface area contributed by atoms with Crippen molar-refractivity contribution in [3.8, 4) is 0 Å². The van der Waals surface area contributed by atoms with Crippen LogP contribution in [0.5, 0.6) is 0 Å². The number of hydrogen-bond acceptors (Lipinski definition) is 4. The fraction of sp³-hybridized carbons (Fsp3) is 0.800. The first-order valence-electron chi connectivity index (χ1n) is 5.36. The number of halogens is 1. The summed E-state index contributed by atoms with van der Waals surface area (Å²) in [6.45, 7) is 3.43. The molecule has 1 amide bonds. The van der Waals surface area contributed by atoms with E-state index in [0.29, 0.717) is 19.8 Å². The van der Waals surface area contributed by atoms with Gasteiger partial charge in [-0.25, -0.2) is 0 Å². The Morgan fingerprint density at radius 3 is 2.53 bits per heavy atom. The van der Waals surface area contributed by atoms with Crippen LogP contribution >= 0.6 is 12.4 Å². The van der Waals surface area contributed by atoms with Crippen molar-refractivity contribution in [3.63, 3.8) is 0 Å². The first kappa shape index (κ1) is 18.5. The highest BCUT2D eigenvalue weighted by Gasteiger charge is 2.17. The predicted octanol–water partition coefficient (Wildman–Crippen LogP) is 0.0137. The highest BCUT2D eigenvalue weighted by molar-refractivity contribution is 5.85. The lowest BCUT2D eigenvalue weighted by molar-refractivity contribution is -0.139. The molecule has 0 rings (SSSR count). The molecule has 3 N–H and O–H groups in total. The van der Waals surface area contributed by atoms with Crippen molar-refractivity contribution >= 4 is 24.3 Å². The number of amides is 1. The first-order valence-corrected chi connectivity index (χ1v) is 5.36. The molecule has 0 heterocycles. The molecule has 0 aliphatic rings. The third-order valence-corrected chi connectivity index (χ3v) is 2.08. The van der Waals surface area contributed by atoms with Gasteiger partial charge in [0.25, 0.3) is 0 Å². The molecule has 0 spiro atoms. The normalized spacial score (nSPS) is 11.4. The van der Waals surface area contributed by atoms with Crippen LogP contribution in [0, 0.1) is 0 Å². The van der Waals surface area contributed by atoms with Crippen molar-refractivity contribution in [2.45, 2.75) is 25.8 Å². The molecule has 0 saturated heterocycles. The van der Waals surface area contributed by atoms with Gasteiger partial charge in [-0.1, -0.05) is 0 Å². The molecule has 102 valence electrons. The molecule has 0 aromatic heterocycles. The Morgan fingerprint density at radius 2 is 2.06 bits per heavy atom. The van der Waals surface area contributed by atoms with Crippen molar-refractivity contribution < 1.29 is 19.4 Å². The van der Waals surface area contributed by atoms with Gasteiger partial charge < -0.3 is 20.5 Å². The summed E-state index contributed by atoms with van der Waals surface area (Å²) in [5, 5.41) is 14.2. The summed E-state index contributed by atoms with van der Waals surface area (Å²) in [6, 6.07) is -0.697. The zero-order valence-electron chi connectivity index (χ0n) is 10.2.